The monoisotopic (exact) mass is 490 g/mol. The minimum Gasteiger partial charge on any atom is -0.492 e. The van der Waals surface area contributed by atoms with Gasteiger partial charge in [-0.2, -0.15) is 0 Å². The number of nitrogens with one attached hydrogen (secondary N) is 2. The number of carbonyl (C=O) groups is 2. The highest BCUT2D eigenvalue weighted by molar-refractivity contribution is 7.17. The fourth-order valence-corrected chi connectivity index (χ4v) is 5.97. The third-order valence-electron chi connectivity index (χ3n) is 6.66. The van der Waals surface area contributed by atoms with Crippen LogP contribution in [0.4, 0.5) is 10.7 Å². The van der Waals surface area contributed by atoms with E-state index in [1.54, 1.807) is 6.07 Å². The summed E-state index contributed by atoms with van der Waals surface area (Å²) in [5.74, 6) is 0.737. The van der Waals surface area contributed by atoms with Crippen LogP contribution in [0.15, 0.2) is 48.5 Å². The van der Waals surface area contributed by atoms with Crippen molar-refractivity contribution >= 4 is 33.8 Å². The lowest BCUT2D eigenvalue weighted by molar-refractivity contribution is 0.102. The molecule has 1 unspecified atom stereocenters. The standard InChI is InChI=1S/C29H34N2O3S/c1-6-34-23-13-8-7-12-22(23)30-27(33)25-21-15-14-20(29(3,4)5)17-24(21)35-28(25)31-26(32)19-11-9-10-18(2)16-19/h7-13,16,20H,6,14-15,17H2,1-5H3,(H,30,33)(H,31,32). The van der Waals surface area contributed by atoms with E-state index in [1.807, 2.05) is 56.3 Å². The molecule has 0 radical (unpaired) electrons. The Balaban J connectivity index is 1.70. The van der Waals surface area contributed by atoms with Gasteiger partial charge in [0.1, 0.15) is 10.8 Å². The van der Waals surface area contributed by atoms with E-state index in [1.165, 1.54) is 16.2 Å². The molecule has 0 bridgehead atoms. The number of rotatable bonds is 6. The quantitative estimate of drug-likeness (QED) is 0.387. The summed E-state index contributed by atoms with van der Waals surface area (Å²) in [5, 5.41) is 6.72. The van der Waals surface area contributed by atoms with Crippen LogP contribution in [0.3, 0.4) is 0 Å². The van der Waals surface area contributed by atoms with Crippen molar-refractivity contribution in [1.82, 2.24) is 0 Å². The molecule has 0 aliphatic heterocycles. The van der Waals surface area contributed by atoms with Gasteiger partial charge >= 0.3 is 0 Å². The maximum Gasteiger partial charge on any atom is 0.259 e. The van der Waals surface area contributed by atoms with Gasteiger partial charge in [0.05, 0.1) is 17.9 Å². The van der Waals surface area contributed by atoms with Crippen LogP contribution in [0, 0.1) is 18.3 Å². The smallest absolute Gasteiger partial charge is 0.259 e. The fourth-order valence-electron chi connectivity index (χ4n) is 4.65. The number of carbonyl (C=O) groups excluding carboxylic acids is 2. The molecular formula is C29H34N2O3S. The zero-order chi connectivity index (χ0) is 25.2. The van der Waals surface area contributed by atoms with Crippen LogP contribution >= 0.6 is 11.3 Å². The number of anilines is 2. The van der Waals surface area contributed by atoms with Gasteiger partial charge in [0, 0.05) is 10.4 Å². The Labute approximate surface area is 211 Å². The summed E-state index contributed by atoms with van der Waals surface area (Å²) >= 11 is 1.54. The number of para-hydroxylation sites is 2. The lowest BCUT2D eigenvalue weighted by Gasteiger charge is -2.33. The topological polar surface area (TPSA) is 67.4 Å². The number of benzene rings is 2. The molecule has 1 aromatic heterocycles. The lowest BCUT2D eigenvalue weighted by Crippen LogP contribution is -2.27. The van der Waals surface area contributed by atoms with Crippen molar-refractivity contribution in [3.05, 3.63) is 75.7 Å². The van der Waals surface area contributed by atoms with Crippen LogP contribution in [0.2, 0.25) is 0 Å². The van der Waals surface area contributed by atoms with Gasteiger partial charge in [-0.3, -0.25) is 9.59 Å². The van der Waals surface area contributed by atoms with Gasteiger partial charge in [0.25, 0.3) is 11.8 Å². The van der Waals surface area contributed by atoms with Gasteiger partial charge in [-0.15, -0.1) is 11.3 Å². The van der Waals surface area contributed by atoms with Crippen molar-refractivity contribution in [2.24, 2.45) is 11.3 Å². The largest absolute Gasteiger partial charge is 0.492 e. The maximum atomic E-state index is 13.7. The number of thiophene rings is 1. The van der Waals surface area contributed by atoms with Crippen molar-refractivity contribution < 1.29 is 14.3 Å². The van der Waals surface area contributed by atoms with Crippen molar-refractivity contribution in [2.75, 3.05) is 17.2 Å². The first-order valence-corrected chi connectivity index (χ1v) is 13.0. The van der Waals surface area contributed by atoms with E-state index in [9.17, 15) is 9.59 Å². The van der Waals surface area contributed by atoms with Crippen LogP contribution in [-0.4, -0.2) is 18.4 Å². The Morgan fingerprint density at radius 1 is 1.06 bits per heavy atom. The van der Waals surface area contributed by atoms with Gasteiger partial charge in [0.2, 0.25) is 0 Å². The van der Waals surface area contributed by atoms with Crippen LogP contribution < -0.4 is 15.4 Å². The van der Waals surface area contributed by atoms with E-state index in [0.717, 1.165) is 30.4 Å². The number of amides is 2. The summed E-state index contributed by atoms with van der Waals surface area (Å²) in [5.41, 5.74) is 4.04. The second-order valence-electron chi connectivity index (χ2n) is 10.2. The van der Waals surface area contributed by atoms with Crippen LogP contribution in [0.1, 0.15) is 70.8 Å². The van der Waals surface area contributed by atoms with Gasteiger partial charge in [-0.1, -0.05) is 50.6 Å². The molecule has 35 heavy (non-hydrogen) atoms. The number of hydrogen-bond acceptors (Lipinski definition) is 4. The van der Waals surface area contributed by atoms with Crippen molar-refractivity contribution in [3.63, 3.8) is 0 Å². The number of hydrogen-bond donors (Lipinski definition) is 2. The Morgan fingerprint density at radius 2 is 1.83 bits per heavy atom. The van der Waals surface area contributed by atoms with Crippen LogP contribution in [-0.2, 0) is 12.8 Å². The van der Waals surface area contributed by atoms with E-state index >= 15 is 0 Å². The molecule has 2 aromatic carbocycles. The Morgan fingerprint density at radius 3 is 2.54 bits per heavy atom. The first-order valence-electron chi connectivity index (χ1n) is 12.2. The van der Waals surface area contributed by atoms with Crippen molar-refractivity contribution in [3.8, 4) is 5.75 Å². The molecule has 3 aromatic rings. The maximum absolute atomic E-state index is 13.7. The number of fused-ring (bicyclic) bond motifs is 1. The number of ether oxygens (including phenoxy) is 1. The summed E-state index contributed by atoms with van der Waals surface area (Å²) in [6.07, 6.45) is 2.76. The lowest BCUT2D eigenvalue weighted by atomic mass is 9.72. The number of aryl methyl sites for hydroxylation is 1. The van der Waals surface area contributed by atoms with Crippen molar-refractivity contribution in [2.45, 2.75) is 53.9 Å². The van der Waals surface area contributed by atoms with Crippen LogP contribution in [0.25, 0.3) is 0 Å². The summed E-state index contributed by atoms with van der Waals surface area (Å²) in [4.78, 5) is 28.0. The molecule has 1 heterocycles. The molecule has 4 rings (SSSR count). The van der Waals surface area contributed by atoms with Gasteiger partial charge in [-0.05, 0) is 74.3 Å². The zero-order valence-electron chi connectivity index (χ0n) is 21.2. The predicted octanol–water partition coefficient (Wildman–Crippen LogP) is 7.11. The highest BCUT2D eigenvalue weighted by Gasteiger charge is 2.34. The average molecular weight is 491 g/mol. The van der Waals surface area contributed by atoms with Crippen molar-refractivity contribution in [1.29, 1.82) is 0 Å². The van der Waals surface area contributed by atoms with E-state index in [4.69, 9.17) is 4.74 Å². The summed E-state index contributed by atoms with van der Waals surface area (Å²) in [7, 11) is 0. The third-order valence-corrected chi connectivity index (χ3v) is 7.83. The average Bonchev–Trinajstić information content (AvgIpc) is 3.17. The van der Waals surface area contributed by atoms with E-state index < -0.39 is 0 Å². The highest BCUT2D eigenvalue weighted by Crippen LogP contribution is 2.44. The molecule has 5 nitrogen and oxygen atoms in total. The minimum absolute atomic E-state index is 0.186. The molecule has 6 heteroatoms. The molecule has 1 aliphatic carbocycles. The summed E-state index contributed by atoms with van der Waals surface area (Å²) < 4.78 is 5.70. The Bertz CT molecular complexity index is 1240. The van der Waals surface area contributed by atoms with Crippen LogP contribution in [0.5, 0.6) is 5.75 Å². The normalized spacial score (nSPS) is 15.3. The molecule has 1 atom stereocenters. The fraction of sp³-hybridized carbons (Fsp3) is 0.379. The molecular weight excluding hydrogens is 456 g/mol. The third kappa shape index (κ3) is 5.59. The van der Waals surface area contributed by atoms with Gasteiger partial charge in [-0.25, -0.2) is 0 Å². The first kappa shape index (κ1) is 25.0. The van der Waals surface area contributed by atoms with E-state index in [0.29, 0.717) is 40.1 Å². The Hall–Kier alpha value is -3.12. The first-order chi connectivity index (χ1) is 16.7. The molecule has 2 amide bonds. The molecule has 0 spiro atoms. The Kier molecular flexibility index (Phi) is 7.31. The van der Waals surface area contributed by atoms with Gasteiger partial charge < -0.3 is 15.4 Å². The second kappa shape index (κ2) is 10.2. The second-order valence-corrected chi connectivity index (χ2v) is 11.3. The molecule has 0 saturated heterocycles. The minimum atomic E-state index is -0.219. The molecule has 1 aliphatic rings. The molecule has 0 fully saturated rings. The van der Waals surface area contributed by atoms with E-state index in [-0.39, 0.29) is 17.2 Å². The summed E-state index contributed by atoms with van der Waals surface area (Å²) in [6.45, 7) is 11.2. The molecule has 2 N–H and O–H groups in total. The summed E-state index contributed by atoms with van der Waals surface area (Å²) in [6, 6.07) is 14.9. The molecule has 0 saturated carbocycles. The SMILES string of the molecule is CCOc1ccccc1NC(=O)c1c(NC(=O)c2cccc(C)c2)sc2c1CCC(C(C)(C)C)C2. The highest BCUT2D eigenvalue weighted by atomic mass is 32.1. The van der Waals surface area contributed by atoms with E-state index in [2.05, 4.69) is 31.4 Å². The van der Waals surface area contributed by atoms with Gasteiger partial charge in [0.15, 0.2) is 0 Å². The zero-order valence-corrected chi connectivity index (χ0v) is 22.0. The predicted molar refractivity (Wildman–Crippen MR) is 144 cm³/mol. The molecule has 184 valence electrons.